The largest absolute Gasteiger partial charge is 0.454 e. The molecule has 37 heavy (non-hydrogen) atoms. The molecule has 3 aromatic carbocycles. The van der Waals surface area contributed by atoms with E-state index >= 15 is 0 Å². The number of benzene rings is 3. The summed E-state index contributed by atoms with van der Waals surface area (Å²) in [4.78, 5) is 2.86. The van der Waals surface area contributed by atoms with Crippen molar-refractivity contribution in [1.29, 1.82) is 0 Å². The van der Waals surface area contributed by atoms with E-state index < -0.39 is 10.0 Å². The Morgan fingerprint density at radius 1 is 0.919 bits per heavy atom. The standard InChI is InChI=1S/C30H36N2O4S/c1-31(37(33,34)28-10-6-3-7-11-28)22-27(26-12-13-29-30(21-26)36-23-35-29)16-19-32-17-14-25(15-18-32)20-24-8-4-2-5-9-24/h2-13,21,25,27H,14-20,22-23H2,1H3/t27-/m1/s1. The van der Waals surface area contributed by atoms with Gasteiger partial charge in [-0.05, 0) is 92.5 Å². The molecule has 0 radical (unpaired) electrons. The van der Waals surface area contributed by atoms with Crippen LogP contribution in [-0.4, -0.2) is 57.6 Å². The molecule has 7 heteroatoms. The number of ether oxygens (including phenoxy) is 2. The van der Waals surface area contributed by atoms with Crippen LogP contribution in [0.15, 0.2) is 83.8 Å². The summed E-state index contributed by atoms with van der Waals surface area (Å²) in [6.45, 7) is 3.74. The van der Waals surface area contributed by atoms with Gasteiger partial charge in [0.15, 0.2) is 11.5 Å². The monoisotopic (exact) mass is 520 g/mol. The maximum atomic E-state index is 13.2. The number of piperidine rings is 1. The molecular weight excluding hydrogens is 484 g/mol. The van der Waals surface area contributed by atoms with E-state index in [1.165, 1.54) is 22.7 Å². The van der Waals surface area contributed by atoms with Crippen molar-refractivity contribution in [3.05, 3.63) is 90.0 Å². The summed E-state index contributed by atoms with van der Waals surface area (Å²) in [6, 6.07) is 25.4. The van der Waals surface area contributed by atoms with Gasteiger partial charge in [0.05, 0.1) is 4.90 Å². The second-order valence-corrected chi connectivity index (χ2v) is 12.2. The van der Waals surface area contributed by atoms with Gasteiger partial charge in [-0.1, -0.05) is 54.6 Å². The van der Waals surface area contributed by atoms with Crippen molar-refractivity contribution in [1.82, 2.24) is 9.21 Å². The van der Waals surface area contributed by atoms with Crippen molar-refractivity contribution >= 4 is 10.0 Å². The van der Waals surface area contributed by atoms with Gasteiger partial charge in [-0.25, -0.2) is 12.7 Å². The Morgan fingerprint density at radius 2 is 1.59 bits per heavy atom. The second-order valence-electron chi connectivity index (χ2n) is 10.2. The lowest BCUT2D eigenvalue weighted by Gasteiger charge is -2.33. The highest BCUT2D eigenvalue weighted by molar-refractivity contribution is 7.89. The Bertz CT molecular complexity index is 1260. The molecule has 0 saturated carbocycles. The molecule has 196 valence electrons. The van der Waals surface area contributed by atoms with E-state index in [2.05, 4.69) is 35.2 Å². The Hall–Kier alpha value is -2.87. The molecule has 0 bridgehead atoms. The van der Waals surface area contributed by atoms with E-state index in [1.807, 2.05) is 24.3 Å². The molecule has 0 aliphatic carbocycles. The molecule has 0 spiro atoms. The highest BCUT2D eigenvalue weighted by atomic mass is 32.2. The molecule has 0 N–H and O–H groups in total. The van der Waals surface area contributed by atoms with Crippen LogP contribution in [0.25, 0.3) is 0 Å². The van der Waals surface area contributed by atoms with Crippen molar-refractivity contribution in [3.8, 4) is 11.5 Å². The van der Waals surface area contributed by atoms with Gasteiger partial charge in [-0.3, -0.25) is 0 Å². The summed E-state index contributed by atoms with van der Waals surface area (Å²) < 4.78 is 39.1. The molecule has 1 saturated heterocycles. The lowest BCUT2D eigenvalue weighted by Crippen LogP contribution is -2.37. The minimum Gasteiger partial charge on any atom is -0.454 e. The number of hydrogen-bond acceptors (Lipinski definition) is 5. The Labute approximate surface area is 220 Å². The van der Waals surface area contributed by atoms with Crippen LogP contribution in [0.3, 0.4) is 0 Å². The van der Waals surface area contributed by atoms with Crippen molar-refractivity contribution in [2.24, 2.45) is 5.92 Å². The molecule has 2 heterocycles. The van der Waals surface area contributed by atoms with Gasteiger partial charge in [-0.15, -0.1) is 0 Å². The molecule has 1 atom stereocenters. The fourth-order valence-corrected chi connectivity index (χ4v) is 6.65. The Kier molecular flexibility index (Phi) is 8.13. The van der Waals surface area contributed by atoms with Gasteiger partial charge in [0, 0.05) is 13.6 Å². The van der Waals surface area contributed by atoms with Crippen LogP contribution >= 0.6 is 0 Å². The van der Waals surface area contributed by atoms with Crippen molar-refractivity contribution < 1.29 is 17.9 Å². The number of nitrogens with zero attached hydrogens (tertiary/aromatic N) is 2. The van der Waals surface area contributed by atoms with Crippen LogP contribution in [0.1, 0.15) is 36.3 Å². The first-order valence-corrected chi connectivity index (χ1v) is 14.6. The van der Waals surface area contributed by atoms with Gasteiger partial charge >= 0.3 is 0 Å². The second kappa shape index (κ2) is 11.7. The predicted octanol–water partition coefficient (Wildman–Crippen LogP) is 5.16. The van der Waals surface area contributed by atoms with Crippen LogP contribution in [0.2, 0.25) is 0 Å². The summed E-state index contributed by atoms with van der Waals surface area (Å²) in [5.41, 5.74) is 2.50. The lowest BCUT2D eigenvalue weighted by atomic mass is 9.89. The molecule has 6 nitrogen and oxygen atoms in total. The fourth-order valence-electron chi connectivity index (χ4n) is 5.41. The van der Waals surface area contributed by atoms with Gasteiger partial charge in [0.25, 0.3) is 0 Å². The predicted molar refractivity (Wildman–Crippen MR) is 145 cm³/mol. The molecule has 2 aliphatic heterocycles. The zero-order chi connectivity index (χ0) is 25.7. The summed E-state index contributed by atoms with van der Waals surface area (Å²) in [6.07, 6.45) is 4.42. The molecule has 3 aromatic rings. The number of likely N-dealkylation sites (tertiary alicyclic amines) is 1. The molecule has 5 rings (SSSR count). The zero-order valence-electron chi connectivity index (χ0n) is 21.5. The zero-order valence-corrected chi connectivity index (χ0v) is 22.3. The molecule has 1 fully saturated rings. The number of sulfonamides is 1. The molecule has 2 aliphatic rings. The maximum Gasteiger partial charge on any atom is 0.242 e. The SMILES string of the molecule is CN(C[C@@H](CCN1CCC(Cc2ccccc2)CC1)c1ccc2c(c1)OCO2)S(=O)(=O)c1ccccc1. The lowest BCUT2D eigenvalue weighted by molar-refractivity contribution is 0.173. The van der Waals surface area contributed by atoms with Crippen molar-refractivity contribution in [3.63, 3.8) is 0 Å². The first-order valence-electron chi connectivity index (χ1n) is 13.2. The van der Waals surface area contributed by atoms with Gasteiger partial charge < -0.3 is 14.4 Å². The van der Waals surface area contributed by atoms with Gasteiger partial charge in [0.1, 0.15) is 0 Å². The normalized spacial score (nSPS) is 17.2. The highest BCUT2D eigenvalue weighted by Gasteiger charge is 2.27. The van der Waals surface area contributed by atoms with E-state index in [4.69, 9.17) is 9.47 Å². The third-order valence-electron chi connectivity index (χ3n) is 7.67. The maximum absolute atomic E-state index is 13.2. The van der Waals surface area contributed by atoms with E-state index in [0.717, 1.165) is 55.5 Å². The van der Waals surface area contributed by atoms with E-state index in [0.29, 0.717) is 11.4 Å². The number of rotatable bonds is 10. The summed E-state index contributed by atoms with van der Waals surface area (Å²) in [7, 11) is -1.89. The minimum atomic E-state index is -3.57. The van der Waals surface area contributed by atoms with E-state index in [1.54, 1.807) is 31.3 Å². The quantitative estimate of drug-likeness (QED) is 0.369. The van der Waals surface area contributed by atoms with Crippen LogP contribution in [0.5, 0.6) is 11.5 Å². The van der Waals surface area contributed by atoms with Crippen LogP contribution in [-0.2, 0) is 16.4 Å². The third kappa shape index (κ3) is 6.35. The molecule has 0 unspecified atom stereocenters. The van der Waals surface area contributed by atoms with Crippen LogP contribution < -0.4 is 9.47 Å². The van der Waals surface area contributed by atoms with Gasteiger partial charge in [0.2, 0.25) is 16.8 Å². The fraction of sp³-hybridized carbons (Fsp3) is 0.400. The van der Waals surface area contributed by atoms with Crippen LogP contribution in [0.4, 0.5) is 0 Å². The Morgan fingerprint density at radius 3 is 2.32 bits per heavy atom. The average Bonchev–Trinajstić information content (AvgIpc) is 3.41. The summed E-state index contributed by atoms with van der Waals surface area (Å²) in [5.74, 6) is 2.25. The summed E-state index contributed by atoms with van der Waals surface area (Å²) >= 11 is 0. The molecule has 0 amide bonds. The Balaban J connectivity index is 1.24. The number of likely N-dealkylation sites (N-methyl/N-ethyl adjacent to an activating group) is 1. The van der Waals surface area contributed by atoms with E-state index in [9.17, 15) is 8.42 Å². The molecule has 0 aromatic heterocycles. The van der Waals surface area contributed by atoms with Crippen molar-refractivity contribution in [2.75, 3.05) is 40.0 Å². The highest BCUT2D eigenvalue weighted by Crippen LogP contribution is 2.36. The average molecular weight is 521 g/mol. The van der Waals surface area contributed by atoms with Crippen molar-refractivity contribution in [2.45, 2.75) is 36.5 Å². The van der Waals surface area contributed by atoms with Crippen LogP contribution in [0, 0.1) is 5.92 Å². The first kappa shape index (κ1) is 25.8. The van der Waals surface area contributed by atoms with E-state index in [-0.39, 0.29) is 12.7 Å². The summed E-state index contributed by atoms with van der Waals surface area (Å²) in [5, 5.41) is 0. The third-order valence-corrected chi connectivity index (χ3v) is 9.50. The minimum absolute atomic E-state index is 0.0417. The number of fused-ring (bicyclic) bond motifs is 1. The molecular formula is C30H36N2O4S. The first-order chi connectivity index (χ1) is 18.0. The number of hydrogen-bond donors (Lipinski definition) is 0. The smallest absolute Gasteiger partial charge is 0.242 e. The van der Waals surface area contributed by atoms with Gasteiger partial charge in [-0.2, -0.15) is 0 Å². The topological polar surface area (TPSA) is 59.1 Å².